The summed E-state index contributed by atoms with van der Waals surface area (Å²) in [5.74, 6) is 0.866. The third-order valence-electron chi connectivity index (χ3n) is 4.10. The molecule has 0 spiro atoms. The highest BCUT2D eigenvalue weighted by Gasteiger charge is 2.17. The highest BCUT2D eigenvalue weighted by molar-refractivity contribution is 5.54. The minimum Gasteiger partial charge on any atom is -0.374 e. The molecule has 0 radical (unpaired) electrons. The lowest BCUT2D eigenvalue weighted by Gasteiger charge is -2.30. The predicted molar refractivity (Wildman–Crippen MR) is 78.9 cm³/mol. The lowest BCUT2D eigenvalue weighted by Crippen LogP contribution is -2.28. The predicted octanol–water partition coefficient (Wildman–Crippen LogP) is 3.72. The van der Waals surface area contributed by atoms with E-state index >= 15 is 0 Å². The Hall–Kier alpha value is -1.02. The zero-order chi connectivity index (χ0) is 13.0. The number of nitrogens with two attached hydrogens (primary N) is 1. The Morgan fingerprint density at radius 2 is 1.89 bits per heavy atom. The van der Waals surface area contributed by atoms with E-state index in [2.05, 4.69) is 43.1 Å². The van der Waals surface area contributed by atoms with Crippen molar-refractivity contribution < 1.29 is 0 Å². The molecule has 0 bridgehead atoms. The van der Waals surface area contributed by atoms with Crippen molar-refractivity contribution in [1.82, 2.24) is 0 Å². The molecule has 0 saturated heterocycles. The molecule has 1 saturated carbocycles. The van der Waals surface area contributed by atoms with Crippen LogP contribution in [0, 0.1) is 5.92 Å². The van der Waals surface area contributed by atoms with E-state index in [0.717, 1.165) is 5.92 Å². The Balaban J connectivity index is 2.05. The molecule has 1 atom stereocenters. The fourth-order valence-corrected chi connectivity index (χ4v) is 3.08. The molecule has 2 nitrogen and oxygen atoms in total. The van der Waals surface area contributed by atoms with Crippen LogP contribution in [0.4, 0.5) is 5.69 Å². The van der Waals surface area contributed by atoms with E-state index in [4.69, 9.17) is 5.73 Å². The SMILES string of the molecule is C[C@@H](N)c1ccccc1N(C)CC1CCCCC1. The van der Waals surface area contributed by atoms with E-state index in [1.54, 1.807) is 0 Å². The molecule has 0 amide bonds. The molecule has 0 heterocycles. The Bertz CT molecular complexity index is 367. The first-order valence-electron chi connectivity index (χ1n) is 7.24. The average molecular weight is 246 g/mol. The van der Waals surface area contributed by atoms with Gasteiger partial charge in [-0.1, -0.05) is 37.5 Å². The van der Waals surface area contributed by atoms with Crippen molar-refractivity contribution in [2.75, 3.05) is 18.5 Å². The first-order chi connectivity index (χ1) is 8.68. The van der Waals surface area contributed by atoms with Crippen molar-refractivity contribution in [2.24, 2.45) is 11.7 Å². The monoisotopic (exact) mass is 246 g/mol. The van der Waals surface area contributed by atoms with Gasteiger partial charge in [-0.25, -0.2) is 0 Å². The summed E-state index contributed by atoms with van der Waals surface area (Å²) in [6.45, 7) is 3.23. The van der Waals surface area contributed by atoms with Crippen LogP contribution in [0.5, 0.6) is 0 Å². The molecule has 1 aromatic rings. The summed E-state index contributed by atoms with van der Waals surface area (Å²) < 4.78 is 0. The zero-order valence-corrected chi connectivity index (χ0v) is 11.7. The van der Waals surface area contributed by atoms with Gasteiger partial charge < -0.3 is 10.6 Å². The lowest BCUT2D eigenvalue weighted by atomic mass is 9.89. The molecule has 1 aromatic carbocycles. The molecule has 0 aromatic heterocycles. The van der Waals surface area contributed by atoms with Crippen LogP contribution in [0.15, 0.2) is 24.3 Å². The highest BCUT2D eigenvalue weighted by Crippen LogP contribution is 2.28. The second-order valence-corrected chi connectivity index (χ2v) is 5.73. The third kappa shape index (κ3) is 3.26. The van der Waals surface area contributed by atoms with Crippen LogP contribution in [-0.4, -0.2) is 13.6 Å². The van der Waals surface area contributed by atoms with Crippen LogP contribution >= 0.6 is 0 Å². The van der Waals surface area contributed by atoms with Crippen LogP contribution in [0.1, 0.15) is 50.6 Å². The fourth-order valence-electron chi connectivity index (χ4n) is 3.08. The first-order valence-corrected chi connectivity index (χ1v) is 7.24. The van der Waals surface area contributed by atoms with Gasteiger partial charge in [-0.3, -0.25) is 0 Å². The van der Waals surface area contributed by atoms with Crippen LogP contribution in [0.2, 0.25) is 0 Å². The summed E-state index contributed by atoms with van der Waals surface area (Å²) in [4.78, 5) is 2.40. The second-order valence-electron chi connectivity index (χ2n) is 5.73. The van der Waals surface area contributed by atoms with Crippen molar-refractivity contribution >= 4 is 5.69 Å². The average Bonchev–Trinajstić information content (AvgIpc) is 2.40. The molecule has 100 valence electrons. The smallest absolute Gasteiger partial charge is 0.0412 e. The highest BCUT2D eigenvalue weighted by atomic mass is 15.1. The number of anilines is 1. The van der Waals surface area contributed by atoms with Crippen molar-refractivity contribution in [2.45, 2.75) is 45.1 Å². The summed E-state index contributed by atoms with van der Waals surface area (Å²) in [7, 11) is 2.20. The fraction of sp³-hybridized carbons (Fsp3) is 0.625. The molecule has 1 fully saturated rings. The van der Waals surface area contributed by atoms with Crippen LogP contribution < -0.4 is 10.6 Å². The van der Waals surface area contributed by atoms with E-state index < -0.39 is 0 Å². The Morgan fingerprint density at radius 1 is 1.22 bits per heavy atom. The lowest BCUT2D eigenvalue weighted by molar-refractivity contribution is 0.362. The maximum Gasteiger partial charge on any atom is 0.0412 e. The molecule has 0 unspecified atom stereocenters. The maximum atomic E-state index is 6.06. The Kier molecular flexibility index (Phi) is 4.65. The van der Waals surface area contributed by atoms with Crippen LogP contribution in [0.3, 0.4) is 0 Å². The van der Waals surface area contributed by atoms with Gasteiger partial charge in [0.2, 0.25) is 0 Å². The van der Waals surface area contributed by atoms with E-state index in [0.29, 0.717) is 0 Å². The number of hydrogen-bond donors (Lipinski definition) is 1. The second kappa shape index (κ2) is 6.24. The molecule has 2 rings (SSSR count). The van der Waals surface area contributed by atoms with Gasteiger partial charge in [0, 0.05) is 25.3 Å². The van der Waals surface area contributed by atoms with E-state index in [9.17, 15) is 0 Å². The normalized spacial score (nSPS) is 18.6. The van der Waals surface area contributed by atoms with E-state index in [1.807, 2.05) is 0 Å². The topological polar surface area (TPSA) is 29.3 Å². The summed E-state index contributed by atoms with van der Waals surface area (Å²) in [5.41, 5.74) is 8.62. The number of para-hydroxylation sites is 1. The minimum atomic E-state index is 0.106. The minimum absolute atomic E-state index is 0.106. The van der Waals surface area contributed by atoms with Gasteiger partial charge in [0.25, 0.3) is 0 Å². The summed E-state index contributed by atoms with van der Waals surface area (Å²) in [6, 6.07) is 8.64. The van der Waals surface area contributed by atoms with Crippen molar-refractivity contribution in [3.05, 3.63) is 29.8 Å². The summed E-state index contributed by atoms with van der Waals surface area (Å²) >= 11 is 0. The zero-order valence-electron chi connectivity index (χ0n) is 11.7. The van der Waals surface area contributed by atoms with Crippen molar-refractivity contribution in [1.29, 1.82) is 0 Å². The van der Waals surface area contributed by atoms with Crippen molar-refractivity contribution in [3.8, 4) is 0 Å². The molecule has 18 heavy (non-hydrogen) atoms. The van der Waals surface area contributed by atoms with Gasteiger partial charge in [-0.05, 0) is 37.3 Å². The van der Waals surface area contributed by atoms with Gasteiger partial charge in [0.05, 0.1) is 0 Å². The molecule has 1 aliphatic carbocycles. The molecular formula is C16H26N2. The summed E-state index contributed by atoms with van der Waals surface area (Å²) in [5, 5.41) is 0. The van der Waals surface area contributed by atoms with Gasteiger partial charge in [0.1, 0.15) is 0 Å². The molecule has 2 heteroatoms. The number of hydrogen-bond acceptors (Lipinski definition) is 2. The molecule has 1 aliphatic rings. The first kappa shape index (κ1) is 13.4. The van der Waals surface area contributed by atoms with Gasteiger partial charge in [-0.15, -0.1) is 0 Å². The number of rotatable bonds is 4. The molecular weight excluding hydrogens is 220 g/mol. The molecule has 2 N–H and O–H groups in total. The standard InChI is InChI=1S/C16H26N2/c1-13(17)15-10-6-7-11-16(15)18(2)12-14-8-4-3-5-9-14/h6-7,10-11,13-14H,3-5,8-9,12,17H2,1-2H3/t13-/m1/s1. The van der Waals surface area contributed by atoms with Gasteiger partial charge in [-0.2, -0.15) is 0 Å². The van der Waals surface area contributed by atoms with Crippen LogP contribution in [-0.2, 0) is 0 Å². The largest absolute Gasteiger partial charge is 0.374 e. The van der Waals surface area contributed by atoms with Crippen molar-refractivity contribution in [3.63, 3.8) is 0 Å². The van der Waals surface area contributed by atoms with E-state index in [1.165, 1.54) is 49.9 Å². The third-order valence-corrected chi connectivity index (χ3v) is 4.10. The molecule has 0 aliphatic heterocycles. The van der Waals surface area contributed by atoms with Gasteiger partial charge in [0.15, 0.2) is 0 Å². The maximum absolute atomic E-state index is 6.06. The van der Waals surface area contributed by atoms with Crippen LogP contribution in [0.25, 0.3) is 0 Å². The Labute approximate surface area is 111 Å². The number of nitrogens with zero attached hydrogens (tertiary/aromatic N) is 1. The summed E-state index contributed by atoms with van der Waals surface area (Å²) in [6.07, 6.45) is 7.03. The van der Waals surface area contributed by atoms with Gasteiger partial charge >= 0.3 is 0 Å². The van der Waals surface area contributed by atoms with E-state index in [-0.39, 0.29) is 6.04 Å². The number of benzene rings is 1. The Morgan fingerprint density at radius 3 is 2.56 bits per heavy atom. The quantitative estimate of drug-likeness (QED) is 0.877.